The van der Waals surface area contributed by atoms with Crippen LogP contribution in [0.4, 0.5) is 0 Å². The minimum atomic E-state index is -1.20. The van der Waals surface area contributed by atoms with E-state index in [2.05, 4.69) is 9.71 Å². The molecule has 0 saturated carbocycles. The summed E-state index contributed by atoms with van der Waals surface area (Å²) in [7, 11) is 0. The van der Waals surface area contributed by atoms with Gasteiger partial charge in [-0.15, -0.1) is 4.72 Å². The summed E-state index contributed by atoms with van der Waals surface area (Å²) in [6.07, 6.45) is 3.29. The first kappa shape index (κ1) is 26.7. The lowest BCUT2D eigenvalue weighted by atomic mass is 10.0. The van der Waals surface area contributed by atoms with E-state index in [0.29, 0.717) is 17.9 Å². The standard InChI is InChI=1S/C29H32N2O5S/c1-18-6-7-22(15-26(32)33)27(19(18)2)36-17-20-12-23-9-11-35-28(23)25(13-20)21-8-10-30-24(14-21)16-31-37(34)29(3,4)5/h6-14,31H,15-17H2,1-5H3,(H,32,33). The molecule has 0 aliphatic heterocycles. The average Bonchev–Trinajstić information content (AvgIpc) is 3.32. The van der Waals surface area contributed by atoms with E-state index in [-0.39, 0.29) is 17.8 Å². The van der Waals surface area contributed by atoms with Crippen LogP contribution in [0.15, 0.2) is 59.3 Å². The van der Waals surface area contributed by atoms with Gasteiger partial charge in [0, 0.05) is 34.1 Å². The van der Waals surface area contributed by atoms with E-state index in [4.69, 9.17) is 9.15 Å². The molecule has 2 N–H and O–H groups in total. The summed E-state index contributed by atoms with van der Waals surface area (Å²) in [4.78, 5) is 15.8. The number of aryl methyl sites for hydroxylation is 1. The molecule has 0 spiro atoms. The quantitative estimate of drug-likeness (QED) is 0.266. The first-order valence-electron chi connectivity index (χ1n) is 12.1. The van der Waals surface area contributed by atoms with Crippen molar-refractivity contribution >= 4 is 28.3 Å². The molecule has 2 heterocycles. The van der Waals surface area contributed by atoms with Crippen LogP contribution < -0.4 is 9.46 Å². The minimum Gasteiger partial charge on any atom is -0.598 e. The maximum Gasteiger partial charge on any atom is 0.307 e. The summed E-state index contributed by atoms with van der Waals surface area (Å²) < 4.78 is 27.1. The summed E-state index contributed by atoms with van der Waals surface area (Å²) in [5.74, 6) is -0.287. The number of fused-ring (bicyclic) bond motifs is 1. The van der Waals surface area contributed by atoms with Crippen LogP contribution in [0.1, 0.15) is 48.7 Å². The van der Waals surface area contributed by atoms with E-state index in [9.17, 15) is 14.5 Å². The normalized spacial score (nSPS) is 12.6. The van der Waals surface area contributed by atoms with Gasteiger partial charge in [0.05, 0.1) is 24.9 Å². The monoisotopic (exact) mass is 520 g/mol. The van der Waals surface area contributed by atoms with Gasteiger partial charge in [0.15, 0.2) is 0 Å². The number of carbonyl (C=O) groups is 1. The van der Waals surface area contributed by atoms with Crippen LogP contribution in [-0.2, 0) is 35.7 Å². The predicted molar refractivity (Wildman–Crippen MR) is 146 cm³/mol. The highest BCUT2D eigenvalue weighted by atomic mass is 32.2. The van der Waals surface area contributed by atoms with Gasteiger partial charge in [0.1, 0.15) is 22.7 Å². The van der Waals surface area contributed by atoms with Gasteiger partial charge in [0.25, 0.3) is 0 Å². The molecule has 8 heteroatoms. The third kappa shape index (κ3) is 6.33. The van der Waals surface area contributed by atoms with Gasteiger partial charge in [-0.1, -0.05) is 12.1 Å². The number of nitrogens with zero attached hydrogens (tertiary/aromatic N) is 1. The second-order valence-corrected chi connectivity index (χ2v) is 12.1. The van der Waals surface area contributed by atoms with Crippen LogP contribution in [0.25, 0.3) is 22.1 Å². The van der Waals surface area contributed by atoms with Crippen LogP contribution in [0.5, 0.6) is 5.75 Å². The van der Waals surface area contributed by atoms with Crippen molar-refractivity contribution in [2.45, 2.75) is 58.9 Å². The number of hydrogen-bond donors (Lipinski definition) is 2. The highest BCUT2D eigenvalue weighted by Gasteiger charge is 2.26. The van der Waals surface area contributed by atoms with E-state index >= 15 is 0 Å². The smallest absolute Gasteiger partial charge is 0.307 e. The van der Waals surface area contributed by atoms with Crippen molar-refractivity contribution in [3.8, 4) is 16.9 Å². The number of furan rings is 1. The summed E-state index contributed by atoms with van der Waals surface area (Å²) >= 11 is -1.20. The van der Waals surface area contributed by atoms with Crippen molar-refractivity contribution in [3.05, 3.63) is 82.9 Å². The molecular weight excluding hydrogens is 488 g/mol. The molecule has 0 aliphatic rings. The average molecular weight is 521 g/mol. The Morgan fingerprint density at radius 2 is 1.95 bits per heavy atom. The van der Waals surface area contributed by atoms with Crippen LogP contribution >= 0.6 is 0 Å². The lowest BCUT2D eigenvalue weighted by Gasteiger charge is -2.23. The second kappa shape index (κ2) is 11.0. The van der Waals surface area contributed by atoms with Gasteiger partial charge >= 0.3 is 5.97 Å². The summed E-state index contributed by atoms with van der Waals surface area (Å²) in [6.45, 7) is 10.3. The zero-order chi connectivity index (χ0) is 26.7. The highest BCUT2D eigenvalue weighted by Crippen LogP contribution is 2.33. The SMILES string of the molecule is Cc1ccc(CC(=O)O)c(OCc2cc(-c3ccnc(CN[S+]([O-])C(C)(C)C)c3)c3occc3c2)c1C. The second-order valence-electron chi connectivity index (χ2n) is 10.1. The Bertz CT molecular complexity index is 1420. The van der Waals surface area contributed by atoms with Crippen molar-refractivity contribution < 1.29 is 23.6 Å². The largest absolute Gasteiger partial charge is 0.598 e. The molecule has 4 aromatic rings. The predicted octanol–water partition coefficient (Wildman–Crippen LogP) is 5.87. The third-order valence-electron chi connectivity index (χ3n) is 6.16. The van der Waals surface area contributed by atoms with E-state index in [1.807, 2.05) is 77.1 Å². The van der Waals surface area contributed by atoms with Gasteiger partial charge in [-0.2, -0.15) is 0 Å². The molecule has 0 bridgehead atoms. The van der Waals surface area contributed by atoms with Crippen molar-refractivity contribution in [2.24, 2.45) is 0 Å². The fourth-order valence-corrected chi connectivity index (χ4v) is 4.76. The number of aliphatic carboxylic acids is 1. The lowest BCUT2D eigenvalue weighted by Crippen LogP contribution is -2.39. The molecule has 7 nitrogen and oxygen atoms in total. The first-order valence-corrected chi connectivity index (χ1v) is 13.2. The van der Waals surface area contributed by atoms with Crippen LogP contribution in [0, 0.1) is 13.8 Å². The molecule has 1 unspecified atom stereocenters. The molecule has 2 aromatic carbocycles. The molecule has 2 aromatic heterocycles. The van der Waals surface area contributed by atoms with E-state index < -0.39 is 17.3 Å². The molecule has 0 saturated heterocycles. The van der Waals surface area contributed by atoms with Crippen LogP contribution in [0.3, 0.4) is 0 Å². The molecule has 0 aliphatic carbocycles. The van der Waals surface area contributed by atoms with Crippen molar-refractivity contribution in [1.29, 1.82) is 0 Å². The number of benzene rings is 2. The van der Waals surface area contributed by atoms with Gasteiger partial charge in [-0.3, -0.25) is 9.78 Å². The number of pyridine rings is 1. The van der Waals surface area contributed by atoms with E-state index in [0.717, 1.165) is 44.5 Å². The topological polar surface area (TPSA) is 108 Å². The number of aromatic nitrogens is 1. The number of hydrogen-bond acceptors (Lipinski definition) is 6. The van der Waals surface area contributed by atoms with Crippen LogP contribution in [-0.4, -0.2) is 25.4 Å². The number of nitrogens with one attached hydrogen (secondary N) is 1. The number of ether oxygens (including phenoxy) is 1. The number of carboxylic acids is 1. The van der Waals surface area contributed by atoms with Crippen molar-refractivity contribution in [1.82, 2.24) is 9.71 Å². The van der Waals surface area contributed by atoms with E-state index in [1.165, 1.54) is 0 Å². The fraction of sp³-hybridized carbons (Fsp3) is 0.310. The minimum absolute atomic E-state index is 0.101. The Labute approximate surface area is 220 Å². The number of rotatable bonds is 9. The molecule has 0 amide bonds. The lowest BCUT2D eigenvalue weighted by molar-refractivity contribution is -0.136. The zero-order valence-corrected chi connectivity index (χ0v) is 22.6. The van der Waals surface area contributed by atoms with Gasteiger partial charge in [-0.25, -0.2) is 0 Å². The van der Waals surface area contributed by atoms with Gasteiger partial charge < -0.3 is 18.8 Å². The Balaban J connectivity index is 1.62. The molecule has 0 radical (unpaired) electrons. The summed E-state index contributed by atoms with van der Waals surface area (Å²) in [5, 5.41) is 10.3. The maximum atomic E-state index is 12.4. The third-order valence-corrected chi connectivity index (χ3v) is 7.68. The molecule has 1 atom stereocenters. The fourth-order valence-electron chi connectivity index (χ4n) is 4.05. The summed E-state index contributed by atoms with van der Waals surface area (Å²) in [5.41, 5.74) is 6.90. The zero-order valence-electron chi connectivity index (χ0n) is 21.8. The Hall–Kier alpha value is -3.33. The Morgan fingerprint density at radius 3 is 2.68 bits per heavy atom. The Kier molecular flexibility index (Phi) is 7.92. The van der Waals surface area contributed by atoms with E-state index in [1.54, 1.807) is 12.5 Å². The molecule has 4 rings (SSSR count). The van der Waals surface area contributed by atoms with Gasteiger partial charge in [0.2, 0.25) is 0 Å². The summed E-state index contributed by atoms with van der Waals surface area (Å²) in [6, 6.07) is 13.6. The number of carboxylic acid groups (broad SMARTS) is 1. The molecular formula is C29H32N2O5S. The first-order chi connectivity index (χ1) is 17.5. The highest BCUT2D eigenvalue weighted by molar-refractivity contribution is 7.90. The molecule has 194 valence electrons. The van der Waals surface area contributed by atoms with Crippen molar-refractivity contribution in [2.75, 3.05) is 0 Å². The Morgan fingerprint density at radius 1 is 1.16 bits per heavy atom. The molecule has 37 heavy (non-hydrogen) atoms. The van der Waals surface area contributed by atoms with Gasteiger partial charge in [-0.05, 0) is 87.2 Å². The van der Waals surface area contributed by atoms with Crippen LogP contribution in [0.2, 0.25) is 0 Å². The maximum absolute atomic E-state index is 12.4. The van der Waals surface area contributed by atoms with Crippen molar-refractivity contribution in [3.63, 3.8) is 0 Å². The molecule has 0 fully saturated rings.